The molecule has 1 aromatic carbocycles. The molecule has 0 unspecified atom stereocenters. The van der Waals surface area contributed by atoms with E-state index in [1.807, 2.05) is 39.8 Å². The molecule has 4 rings (SSSR count). The van der Waals surface area contributed by atoms with Gasteiger partial charge in [-0.25, -0.2) is 9.78 Å². The van der Waals surface area contributed by atoms with Crippen molar-refractivity contribution in [2.45, 2.75) is 92.4 Å². The molecule has 35 heavy (non-hydrogen) atoms. The maximum Gasteiger partial charge on any atom is 0.337 e. The lowest BCUT2D eigenvalue weighted by Gasteiger charge is -2.28. The Kier molecular flexibility index (Phi) is 7.05. The number of aryl methyl sites for hydroxylation is 3. The topological polar surface area (TPSA) is 64.3 Å². The molecule has 0 saturated heterocycles. The van der Waals surface area contributed by atoms with Crippen molar-refractivity contribution >= 4 is 28.6 Å². The largest absolute Gasteiger partial charge is 0.479 e. The average molecular weight is 497 g/mol. The van der Waals surface area contributed by atoms with Crippen LogP contribution in [0.2, 0.25) is 5.02 Å². The van der Waals surface area contributed by atoms with Gasteiger partial charge in [-0.1, -0.05) is 31.0 Å². The van der Waals surface area contributed by atoms with Crippen molar-refractivity contribution in [3.8, 4) is 11.1 Å². The SMILES string of the molecule is CCCc1cc(-c2c([C@H](OC(C)(C)C)C(=O)O)c(C)nc3c2c(C)c(C)n3CC2CC2)ccc1Cl. The van der Waals surface area contributed by atoms with Crippen LogP contribution in [0.3, 0.4) is 0 Å². The number of halogens is 1. The molecule has 2 heterocycles. The van der Waals surface area contributed by atoms with Crippen LogP contribution >= 0.6 is 11.6 Å². The molecule has 2 aromatic heterocycles. The van der Waals surface area contributed by atoms with E-state index in [9.17, 15) is 9.90 Å². The van der Waals surface area contributed by atoms with Gasteiger partial charge in [0, 0.05) is 39.5 Å². The van der Waals surface area contributed by atoms with E-state index >= 15 is 0 Å². The minimum atomic E-state index is -1.14. The zero-order valence-corrected chi connectivity index (χ0v) is 22.7. The van der Waals surface area contributed by atoms with Crippen molar-refractivity contribution in [2.75, 3.05) is 0 Å². The Morgan fingerprint density at radius 1 is 1.26 bits per heavy atom. The van der Waals surface area contributed by atoms with Crippen molar-refractivity contribution < 1.29 is 14.6 Å². The second kappa shape index (κ2) is 9.59. The van der Waals surface area contributed by atoms with Crippen LogP contribution in [0.25, 0.3) is 22.2 Å². The molecule has 1 fully saturated rings. The molecule has 1 saturated carbocycles. The summed E-state index contributed by atoms with van der Waals surface area (Å²) in [6.07, 6.45) is 3.19. The second-order valence-corrected chi connectivity index (χ2v) is 11.4. The molecule has 1 aliphatic carbocycles. The van der Waals surface area contributed by atoms with E-state index in [1.54, 1.807) is 0 Å². The summed E-state index contributed by atoms with van der Waals surface area (Å²) in [7, 11) is 0. The molecule has 1 atom stereocenters. The molecule has 0 bridgehead atoms. The number of hydrogen-bond acceptors (Lipinski definition) is 3. The fraction of sp³-hybridized carbons (Fsp3) is 0.517. The summed E-state index contributed by atoms with van der Waals surface area (Å²) in [4.78, 5) is 17.6. The molecule has 0 radical (unpaired) electrons. The minimum Gasteiger partial charge on any atom is -0.479 e. The maximum atomic E-state index is 12.6. The summed E-state index contributed by atoms with van der Waals surface area (Å²) >= 11 is 6.54. The molecule has 6 heteroatoms. The zero-order chi connectivity index (χ0) is 25.7. The lowest BCUT2D eigenvalue weighted by molar-refractivity contribution is -0.160. The van der Waals surface area contributed by atoms with Gasteiger partial charge in [-0.05, 0) is 95.5 Å². The first-order chi connectivity index (χ1) is 16.4. The van der Waals surface area contributed by atoms with E-state index in [2.05, 4.69) is 31.4 Å². The van der Waals surface area contributed by atoms with Crippen LogP contribution in [0.15, 0.2) is 18.2 Å². The molecular formula is C29H37ClN2O3. The number of hydrogen-bond donors (Lipinski definition) is 1. The number of carbonyl (C=O) groups is 1. The van der Waals surface area contributed by atoms with Crippen molar-refractivity contribution in [3.63, 3.8) is 0 Å². The summed E-state index contributed by atoms with van der Waals surface area (Å²) in [5.74, 6) is -0.323. The number of carboxylic acid groups (broad SMARTS) is 1. The third-order valence-electron chi connectivity index (χ3n) is 6.93. The Hall–Kier alpha value is -2.37. The fourth-order valence-electron chi connectivity index (χ4n) is 4.98. The van der Waals surface area contributed by atoms with Gasteiger partial charge < -0.3 is 14.4 Å². The molecule has 188 valence electrons. The van der Waals surface area contributed by atoms with Crippen LogP contribution < -0.4 is 0 Å². The molecule has 1 N–H and O–H groups in total. The Bertz CT molecular complexity index is 1280. The van der Waals surface area contributed by atoms with Gasteiger partial charge in [0.25, 0.3) is 0 Å². The van der Waals surface area contributed by atoms with Crippen molar-refractivity contribution in [1.29, 1.82) is 0 Å². The van der Waals surface area contributed by atoms with E-state index in [4.69, 9.17) is 21.3 Å². The highest BCUT2D eigenvalue weighted by Crippen LogP contribution is 2.43. The van der Waals surface area contributed by atoms with Gasteiger partial charge >= 0.3 is 5.97 Å². The molecule has 5 nitrogen and oxygen atoms in total. The Morgan fingerprint density at radius 3 is 2.51 bits per heavy atom. The first kappa shape index (κ1) is 25.7. The number of ether oxygens (including phenoxy) is 1. The van der Waals surface area contributed by atoms with Gasteiger partial charge in [-0.15, -0.1) is 0 Å². The first-order valence-electron chi connectivity index (χ1n) is 12.6. The van der Waals surface area contributed by atoms with E-state index in [0.29, 0.717) is 17.2 Å². The van der Waals surface area contributed by atoms with Crippen molar-refractivity contribution in [1.82, 2.24) is 9.55 Å². The number of carboxylic acids is 1. The van der Waals surface area contributed by atoms with Crippen molar-refractivity contribution in [2.24, 2.45) is 5.92 Å². The van der Waals surface area contributed by atoms with Crippen molar-refractivity contribution in [3.05, 3.63) is 51.3 Å². The van der Waals surface area contributed by atoms with E-state index in [1.165, 1.54) is 18.5 Å². The summed E-state index contributed by atoms with van der Waals surface area (Å²) in [6, 6.07) is 6.05. The third-order valence-corrected chi connectivity index (χ3v) is 7.30. The van der Waals surface area contributed by atoms with Gasteiger partial charge in [-0.2, -0.15) is 0 Å². The molecule has 0 aliphatic heterocycles. The fourth-order valence-corrected chi connectivity index (χ4v) is 5.19. The van der Waals surface area contributed by atoms with Gasteiger partial charge in [0.05, 0.1) is 5.60 Å². The predicted molar refractivity (Wildman–Crippen MR) is 142 cm³/mol. The van der Waals surface area contributed by atoms with E-state index in [0.717, 1.165) is 57.7 Å². The van der Waals surface area contributed by atoms with Crippen LogP contribution in [0.1, 0.15) is 81.1 Å². The molecule has 0 amide bonds. The molecule has 3 aromatic rings. The Balaban J connectivity index is 2.09. The lowest BCUT2D eigenvalue weighted by atomic mass is 9.89. The van der Waals surface area contributed by atoms with Gasteiger partial charge in [0.15, 0.2) is 6.10 Å². The van der Waals surface area contributed by atoms with Crippen LogP contribution in [-0.4, -0.2) is 26.2 Å². The molecule has 1 aliphatic rings. The van der Waals surface area contributed by atoms with Crippen LogP contribution in [0.5, 0.6) is 0 Å². The van der Waals surface area contributed by atoms with Crippen LogP contribution in [0.4, 0.5) is 0 Å². The minimum absolute atomic E-state index is 0.622. The highest BCUT2D eigenvalue weighted by atomic mass is 35.5. The average Bonchev–Trinajstić information content (AvgIpc) is 3.56. The third kappa shape index (κ3) is 5.12. The standard InChI is InChI=1S/C29H37ClN2O3/c1-8-9-20-14-21(12-13-22(20)30)25-23-16(2)18(4)32(15-19-10-11-19)27(23)31-17(3)24(25)26(28(33)34)35-29(5,6)7/h12-14,19,26H,8-11,15H2,1-7H3,(H,33,34)/t26-/m0/s1. The van der Waals surface area contributed by atoms with Gasteiger partial charge in [0.2, 0.25) is 0 Å². The smallest absolute Gasteiger partial charge is 0.337 e. The Morgan fingerprint density at radius 2 is 1.94 bits per heavy atom. The quantitative estimate of drug-likeness (QED) is 0.349. The molecular weight excluding hydrogens is 460 g/mol. The number of benzene rings is 1. The molecule has 0 spiro atoms. The Labute approximate surface area is 213 Å². The number of aliphatic carboxylic acids is 1. The van der Waals surface area contributed by atoms with Crippen LogP contribution in [-0.2, 0) is 22.5 Å². The van der Waals surface area contributed by atoms with Gasteiger partial charge in [0.1, 0.15) is 5.65 Å². The second-order valence-electron chi connectivity index (χ2n) is 11.0. The number of rotatable bonds is 8. The number of aromatic nitrogens is 2. The zero-order valence-electron chi connectivity index (χ0n) is 22.0. The van der Waals surface area contributed by atoms with Crippen LogP contribution in [0, 0.1) is 26.7 Å². The number of nitrogens with zero attached hydrogens (tertiary/aromatic N) is 2. The number of fused-ring (bicyclic) bond motifs is 1. The first-order valence-corrected chi connectivity index (χ1v) is 13.0. The highest BCUT2D eigenvalue weighted by molar-refractivity contribution is 6.31. The summed E-state index contributed by atoms with van der Waals surface area (Å²) in [6.45, 7) is 14.9. The predicted octanol–water partition coefficient (Wildman–Crippen LogP) is 7.59. The number of pyridine rings is 1. The normalized spacial score (nSPS) is 15.1. The lowest BCUT2D eigenvalue weighted by Crippen LogP contribution is -2.28. The summed E-state index contributed by atoms with van der Waals surface area (Å²) in [5.41, 5.74) is 6.83. The van der Waals surface area contributed by atoms with E-state index in [-0.39, 0.29) is 0 Å². The summed E-state index contributed by atoms with van der Waals surface area (Å²) < 4.78 is 8.48. The van der Waals surface area contributed by atoms with Gasteiger partial charge in [-0.3, -0.25) is 0 Å². The summed E-state index contributed by atoms with van der Waals surface area (Å²) in [5, 5.41) is 12.1. The monoisotopic (exact) mass is 496 g/mol. The maximum absolute atomic E-state index is 12.6. The van der Waals surface area contributed by atoms with E-state index < -0.39 is 17.7 Å². The highest BCUT2D eigenvalue weighted by Gasteiger charge is 2.34.